The van der Waals surface area contributed by atoms with Crippen molar-refractivity contribution in [3.05, 3.63) is 89.3 Å². The number of carbonyl (C=O) groups is 6. The molecule has 1 amide bonds. The second kappa shape index (κ2) is 20.2. The molecule has 0 saturated heterocycles. The summed E-state index contributed by atoms with van der Waals surface area (Å²) >= 11 is 0. The number of rotatable bonds is 21. The van der Waals surface area contributed by atoms with E-state index in [1.54, 1.807) is 6.07 Å². The van der Waals surface area contributed by atoms with Gasteiger partial charge in [-0.05, 0) is 48.0 Å². The Hall–Kier alpha value is -7.51. The number of nitrogens with zero attached hydrogens (tertiary/aromatic N) is 4. The van der Waals surface area contributed by atoms with Crippen LogP contribution in [-0.4, -0.2) is 147 Å². The SMILES string of the molecule is CN(C)c1ccc2c(-c3ccc(C(=O)Nc4ccc(N(CC(=O)O)CC(=O)O)c(OCCOCCN(CC(=O)O)CC(=O)O)c4)cc3C(=O)O)c3ccc(=[N+](C)C)cc-3oc2c1. The van der Waals surface area contributed by atoms with E-state index < -0.39 is 61.9 Å². The summed E-state index contributed by atoms with van der Waals surface area (Å²) in [4.78, 5) is 76.4. The molecule has 0 aromatic heterocycles. The summed E-state index contributed by atoms with van der Waals surface area (Å²) in [6.45, 7) is -2.83. The first-order chi connectivity index (χ1) is 29.4. The number of ether oxygens (including phenoxy) is 2. The van der Waals surface area contributed by atoms with Gasteiger partial charge in [-0.3, -0.25) is 28.9 Å². The summed E-state index contributed by atoms with van der Waals surface area (Å²) in [6, 6.07) is 19.6. The van der Waals surface area contributed by atoms with Crippen LogP contribution >= 0.6 is 0 Å². The molecule has 0 spiro atoms. The van der Waals surface area contributed by atoms with Gasteiger partial charge in [0.05, 0.1) is 43.6 Å². The van der Waals surface area contributed by atoms with Gasteiger partial charge in [0.25, 0.3) is 5.91 Å². The standard InChI is InChI=1S/C43H45N5O14/c1-45(2)27-7-10-30-34(19-27)62-35-20-28(46(3)4)8-11-31(35)41(30)29-9-5-25(17-32(29)43(58)59)42(57)44-26-6-12-33(48(23-39(53)54)24-40(55)56)36(18-26)61-16-15-60-14-13-47(21-37(49)50)22-38(51)52/h5-12,17-20H,13-16,21-24H2,1-4H3,(H5-,44,49,50,51,52,53,54,55,56,57,58,59)/p+1. The van der Waals surface area contributed by atoms with Crippen molar-refractivity contribution >= 4 is 63.8 Å². The minimum atomic E-state index is -1.33. The molecule has 5 rings (SSSR count). The van der Waals surface area contributed by atoms with E-state index in [1.807, 2.05) is 74.1 Å². The van der Waals surface area contributed by atoms with Crippen molar-refractivity contribution in [1.82, 2.24) is 9.48 Å². The predicted octanol–water partition coefficient (Wildman–Crippen LogP) is 3.10. The van der Waals surface area contributed by atoms with Crippen LogP contribution in [0.1, 0.15) is 20.7 Å². The maximum atomic E-state index is 13.8. The largest absolute Gasteiger partial charge is 0.489 e. The van der Waals surface area contributed by atoms with Crippen molar-refractivity contribution in [2.75, 3.05) is 95.9 Å². The number of amides is 1. The number of aliphatic carboxylic acids is 4. The minimum absolute atomic E-state index is 0.0108. The highest BCUT2D eigenvalue weighted by atomic mass is 16.5. The van der Waals surface area contributed by atoms with Crippen molar-refractivity contribution in [3.8, 4) is 28.2 Å². The lowest BCUT2D eigenvalue weighted by Crippen LogP contribution is -2.37. The zero-order chi connectivity index (χ0) is 45.2. The maximum Gasteiger partial charge on any atom is 0.336 e. The van der Waals surface area contributed by atoms with E-state index in [2.05, 4.69) is 5.32 Å². The molecule has 0 radical (unpaired) electrons. The Morgan fingerprint density at radius 3 is 1.98 bits per heavy atom. The monoisotopic (exact) mass is 856 g/mol. The van der Waals surface area contributed by atoms with E-state index in [9.17, 15) is 44.1 Å². The van der Waals surface area contributed by atoms with Crippen LogP contribution in [0.25, 0.3) is 33.4 Å². The number of carboxylic acids is 5. The average molecular weight is 857 g/mol. The molecule has 326 valence electrons. The first-order valence-corrected chi connectivity index (χ1v) is 19.0. The van der Waals surface area contributed by atoms with E-state index in [0.717, 1.165) is 20.8 Å². The van der Waals surface area contributed by atoms with E-state index in [0.29, 0.717) is 33.4 Å². The fourth-order valence-electron chi connectivity index (χ4n) is 6.62. The Labute approximate surface area is 354 Å². The van der Waals surface area contributed by atoms with Crippen LogP contribution in [0.2, 0.25) is 0 Å². The number of carboxylic acid groups (broad SMARTS) is 5. The number of hydrogen-bond donors (Lipinski definition) is 6. The van der Waals surface area contributed by atoms with Crippen LogP contribution < -0.4 is 29.8 Å². The van der Waals surface area contributed by atoms with Gasteiger partial charge < -0.3 is 54.5 Å². The lowest BCUT2D eigenvalue weighted by Gasteiger charge is -2.24. The lowest BCUT2D eigenvalue weighted by atomic mass is 9.89. The first kappa shape index (κ1) is 45.6. The summed E-state index contributed by atoms with van der Waals surface area (Å²) in [5.74, 6) is -6.60. The highest BCUT2D eigenvalue weighted by Crippen LogP contribution is 2.42. The van der Waals surface area contributed by atoms with Gasteiger partial charge in [0.1, 0.15) is 50.9 Å². The minimum Gasteiger partial charge on any atom is -0.489 e. The molecule has 1 aliphatic carbocycles. The average Bonchev–Trinajstić information content (AvgIpc) is 3.19. The third kappa shape index (κ3) is 11.6. The van der Waals surface area contributed by atoms with E-state index in [1.165, 1.54) is 30.3 Å². The number of aromatic carboxylic acids is 1. The number of hydrogen-bond acceptors (Lipinski definition) is 12. The molecule has 1 heterocycles. The van der Waals surface area contributed by atoms with Crippen LogP contribution in [0, 0.1) is 0 Å². The molecule has 3 aromatic carbocycles. The van der Waals surface area contributed by atoms with Crippen LogP contribution in [0.15, 0.2) is 77.2 Å². The Bertz CT molecular complexity index is 2530. The first-order valence-electron chi connectivity index (χ1n) is 19.0. The van der Waals surface area contributed by atoms with Gasteiger partial charge in [0.2, 0.25) is 5.36 Å². The van der Waals surface area contributed by atoms with Gasteiger partial charge in [-0.15, -0.1) is 0 Å². The zero-order valence-corrected chi connectivity index (χ0v) is 34.3. The Kier molecular flexibility index (Phi) is 14.8. The van der Waals surface area contributed by atoms with Crippen LogP contribution in [0.4, 0.5) is 17.1 Å². The van der Waals surface area contributed by atoms with Crippen molar-refractivity contribution in [1.29, 1.82) is 0 Å². The van der Waals surface area contributed by atoms with Crippen molar-refractivity contribution in [2.24, 2.45) is 0 Å². The fourth-order valence-corrected chi connectivity index (χ4v) is 6.62. The molecule has 0 fully saturated rings. The summed E-state index contributed by atoms with van der Waals surface area (Å²) in [5, 5.41) is 51.9. The molecule has 62 heavy (non-hydrogen) atoms. The number of fused-ring (bicyclic) bond motifs is 2. The summed E-state index contributed by atoms with van der Waals surface area (Å²) in [5.41, 5.74) is 2.98. The fraction of sp³-hybridized carbons (Fsp3) is 0.279. The zero-order valence-electron chi connectivity index (χ0n) is 34.3. The van der Waals surface area contributed by atoms with E-state index in [-0.39, 0.29) is 54.6 Å². The molecular formula is C43H46N5O14+. The molecule has 2 aliphatic rings. The third-order valence-electron chi connectivity index (χ3n) is 9.47. The molecular weight excluding hydrogens is 810 g/mol. The topological polar surface area (TPSA) is 260 Å². The van der Waals surface area contributed by atoms with Gasteiger partial charge in [0.15, 0.2) is 0 Å². The Morgan fingerprint density at radius 1 is 0.710 bits per heavy atom. The number of benzene rings is 4. The molecule has 0 unspecified atom stereocenters. The highest BCUT2D eigenvalue weighted by Gasteiger charge is 2.25. The molecule has 19 heteroatoms. The van der Waals surface area contributed by atoms with Crippen LogP contribution in [0.3, 0.4) is 0 Å². The molecule has 0 bridgehead atoms. The molecule has 0 saturated carbocycles. The Balaban J connectivity index is 1.45. The van der Waals surface area contributed by atoms with Gasteiger partial charge >= 0.3 is 29.8 Å². The number of anilines is 3. The Morgan fingerprint density at radius 2 is 1.37 bits per heavy atom. The number of nitrogens with one attached hydrogen (secondary N) is 1. The van der Waals surface area contributed by atoms with Crippen molar-refractivity contribution in [2.45, 2.75) is 0 Å². The molecule has 0 atom stereocenters. The van der Waals surface area contributed by atoms with Gasteiger partial charge in [-0.2, -0.15) is 0 Å². The summed E-state index contributed by atoms with van der Waals surface area (Å²) < 4.78 is 19.7. The second-order valence-electron chi connectivity index (χ2n) is 14.4. The van der Waals surface area contributed by atoms with Gasteiger partial charge in [-0.1, -0.05) is 6.07 Å². The van der Waals surface area contributed by atoms with Gasteiger partial charge in [-0.25, -0.2) is 9.37 Å². The van der Waals surface area contributed by atoms with Gasteiger partial charge in [0, 0.05) is 72.3 Å². The quantitative estimate of drug-likeness (QED) is 0.0352. The van der Waals surface area contributed by atoms with E-state index >= 15 is 0 Å². The van der Waals surface area contributed by atoms with Crippen molar-refractivity contribution in [3.63, 3.8) is 0 Å². The number of carbonyl (C=O) groups excluding carboxylic acids is 1. The molecule has 6 N–H and O–H groups in total. The third-order valence-corrected chi connectivity index (χ3v) is 9.47. The highest BCUT2D eigenvalue weighted by molar-refractivity contribution is 6.11. The van der Waals surface area contributed by atoms with Crippen LogP contribution in [-0.2, 0) is 23.9 Å². The molecule has 1 aliphatic heterocycles. The predicted molar refractivity (Wildman–Crippen MR) is 227 cm³/mol. The summed E-state index contributed by atoms with van der Waals surface area (Å²) in [6.07, 6.45) is 0. The van der Waals surface area contributed by atoms with Crippen LogP contribution in [0.5, 0.6) is 5.75 Å². The summed E-state index contributed by atoms with van der Waals surface area (Å²) in [7, 11) is 7.57. The molecule has 19 nitrogen and oxygen atoms in total. The smallest absolute Gasteiger partial charge is 0.336 e. The normalized spacial score (nSPS) is 11.0. The van der Waals surface area contributed by atoms with Crippen molar-refractivity contribution < 1.29 is 68.2 Å². The lowest BCUT2D eigenvalue weighted by molar-refractivity contribution is -0.142. The molecule has 3 aromatic rings. The second-order valence-corrected chi connectivity index (χ2v) is 14.4. The maximum absolute atomic E-state index is 13.8. The van der Waals surface area contributed by atoms with E-state index in [4.69, 9.17) is 24.1 Å².